The fraction of sp³-hybridized carbons (Fsp3) is 0.318. The molecule has 0 radical (unpaired) electrons. The summed E-state index contributed by atoms with van der Waals surface area (Å²) in [5, 5.41) is 4.64. The first-order chi connectivity index (χ1) is 11.5. The lowest BCUT2D eigenvalue weighted by Crippen LogP contribution is -1.99. The van der Waals surface area contributed by atoms with Crippen molar-refractivity contribution >= 4 is 0 Å². The zero-order valence-corrected chi connectivity index (χ0v) is 15.2. The Morgan fingerprint density at radius 2 is 1.46 bits per heavy atom. The van der Waals surface area contributed by atoms with Gasteiger partial charge in [0, 0.05) is 11.8 Å². The fourth-order valence-corrected chi connectivity index (χ4v) is 3.29. The van der Waals surface area contributed by atoms with Crippen molar-refractivity contribution in [2.75, 3.05) is 0 Å². The van der Waals surface area contributed by atoms with E-state index in [0.29, 0.717) is 11.8 Å². The van der Waals surface area contributed by atoms with E-state index >= 15 is 0 Å². The molecule has 0 unspecified atom stereocenters. The summed E-state index contributed by atoms with van der Waals surface area (Å²) in [6.45, 7) is 11.2. The van der Waals surface area contributed by atoms with E-state index in [0.717, 1.165) is 5.69 Å². The highest BCUT2D eigenvalue weighted by Crippen LogP contribution is 2.36. The van der Waals surface area contributed by atoms with Crippen LogP contribution in [0.4, 0.5) is 0 Å². The van der Waals surface area contributed by atoms with Gasteiger partial charge in [-0.1, -0.05) is 64.1 Å². The van der Waals surface area contributed by atoms with Crippen molar-refractivity contribution in [3.05, 3.63) is 71.5 Å². The predicted octanol–water partition coefficient (Wildman–Crippen LogP) is 6.09. The van der Waals surface area contributed by atoms with Crippen LogP contribution in [-0.2, 0) is 0 Å². The highest BCUT2D eigenvalue weighted by atomic mass is 15.3. The minimum atomic E-state index is 0.487. The normalized spacial score (nSPS) is 11.5. The number of para-hydroxylation sites is 1. The van der Waals surface area contributed by atoms with Crippen molar-refractivity contribution < 1.29 is 0 Å². The molecule has 0 aliphatic heterocycles. The van der Waals surface area contributed by atoms with Crippen LogP contribution < -0.4 is 0 Å². The molecule has 0 aliphatic rings. The summed E-state index contributed by atoms with van der Waals surface area (Å²) in [7, 11) is 0. The van der Waals surface area contributed by atoms with Crippen LogP contribution >= 0.6 is 0 Å². The van der Waals surface area contributed by atoms with Gasteiger partial charge in [0.25, 0.3) is 0 Å². The van der Waals surface area contributed by atoms with Crippen LogP contribution in [0.3, 0.4) is 0 Å². The molecular weight excluding hydrogens is 292 g/mol. The zero-order valence-electron chi connectivity index (χ0n) is 15.2. The van der Waals surface area contributed by atoms with Crippen molar-refractivity contribution in [1.29, 1.82) is 0 Å². The predicted molar refractivity (Wildman–Crippen MR) is 102 cm³/mol. The van der Waals surface area contributed by atoms with Crippen LogP contribution in [0.1, 0.15) is 56.2 Å². The molecule has 0 spiro atoms. The molecule has 0 bridgehead atoms. The summed E-state index contributed by atoms with van der Waals surface area (Å²) in [6, 6.07) is 15.0. The molecule has 124 valence electrons. The van der Waals surface area contributed by atoms with E-state index in [-0.39, 0.29) is 0 Å². The third-order valence-electron chi connectivity index (χ3n) is 4.61. The van der Waals surface area contributed by atoms with Crippen molar-refractivity contribution in [3.63, 3.8) is 0 Å². The van der Waals surface area contributed by atoms with Crippen molar-refractivity contribution in [2.24, 2.45) is 0 Å². The Labute approximate surface area is 145 Å². The lowest BCUT2D eigenvalue weighted by Gasteiger charge is -2.18. The molecule has 0 atom stereocenters. The van der Waals surface area contributed by atoms with Gasteiger partial charge in [-0.15, -0.1) is 0 Å². The third-order valence-corrected chi connectivity index (χ3v) is 4.61. The van der Waals surface area contributed by atoms with Crippen molar-refractivity contribution in [1.82, 2.24) is 9.78 Å². The number of hydrogen-bond donors (Lipinski definition) is 0. The first-order valence-electron chi connectivity index (χ1n) is 8.73. The Hall–Kier alpha value is -2.35. The molecule has 2 heteroatoms. The van der Waals surface area contributed by atoms with Crippen molar-refractivity contribution in [2.45, 2.75) is 46.5 Å². The average molecular weight is 318 g/mol. The van der Waals surface area contributed by atoms with Gasteiger partial charge < -0.3 is 0 Å². The lowest BCUT2D eigenvalue weighted by atomic mass is 9.86. The molecule has 2 nitrogen and oxygen atoms in total. The Morgan fingerprint density at radius 3 is 2.04 bits per heavy atom. The molecule has 2 aromatic carbocycles. The minimum absolute atomic E-state index is 0.487. The van der Waals surface area contributed by atoms with Crippen LogP contribution in [0.15, 0.2) is 54.9 Å². The molecule has 0 saturated carbocycles. The number of aryl methyl sites for hydroxylation is 1. The highest BCUT2D eigenvalue weighted by Gasteiger charge is 2.17. The van der Waals surface area contributed by atoms with E-state index in [1.807, 2.05) is 10.9 Å². The zero-order chi connectivity index (χ0) is 17.3. The van der Waals surface area contributed by atoms with Crippen LogP contribution in [0.25, 0.3) is 16.8 Å². The molecule has 1 aromatic heterocycles. The lowest BCUT2D eigenvalue weighted by molar-refractivity contribution is 0.838. The summed E-state index contributed by atoms with van der Waals surface area (Å²) >= 11 is 0. The summed E-state index contributed by atoms with van der Waals surface area (Å²) < 4.78 is 1.99. The largest absolute Gasteiger partial charge is 0.240 e. The van der Waals surface area contributed by atoms with E-state index in [1.165, 1.54) is 27.8 Å². The van der Waals surface area contributed by atoms with E-state index in [4.69, 9.17) is 0 Å². The number of hydrogen-bond acceptors (Lipinski definition) is 1. The SMILES string of the molecule is Cc1ccccc1-n1cc(-c2c(C(C)C)cccc2C(C)C)cn1. The summed E-state index contributed by atoms with van der Waals surface area (Å²) in [6.07, 6.45) is 4.16. The first kappa shape index (κ1) is 16.5. The maximum atomic E-state index is 4.64. The van der Waals surface area contributed by atoms with Crippen LogP contribution in [-0.4, -0.2) is 9.78 Å². The molecule has 0 fully saturated rings. The number of nitrogens with zero attached hydrogens (tertiary/aromatic N) is 2. The quantitative estimate of drug-likeness (QED) is 0.569. The van der Waals surface area contributed by atoms with E-state index in [1.54, 1.807) is 0 Å². The standard InChI is InChI=1S/C22H26N2/c1-15(2)19-10-8-11-20(16(3)4)22(19)18-13-23-24(14-18)21-12-7-6-9-17(21)5/h6-16H,1-5H3. The Balaban J connectivity index is 2.16. The van der Waals surface area contributed by atoms with Gasteiger partial charge in [0.15, 0.2) is 0 Å². The number of rotatable bonds is 4. The maximum Gasteiger partial charge on any atom is 0.0674 e. The molecule has 1 heterocycles. The maximum absolute atomic E-state index is 4.64. The molecule has 0 amide bonds. The third kappa shape index (κ3) is 3.01. The highest BCUT2D eigenvalue weighted by molar-refractivity contribution is 5.72. The molecule has 24 heavy (non-hydrogen) atoms. The van der Waals surface area contributed by atoms with Gasteiger partial charge >= 0.3 is 0 Å². The second kappa shape index (κ2) is 6.64. The topological polar surface area (TPSA) is 17.8 Å². The second-order valence-corrected chi connectivity index (χ2v) is 7.08. The summed E-state index contributed by atoms with van der Waals surface area (Å²) in [5.41, 5.74) is 7.70. The number of aromatic nitrogens is 2. The van der Waals surface area contributed by atoms with Crippen LogP contribution in [0.5, 0.6) is 0 Å². The van der Waals surface area contributed by atoms with Crippen molar-refractivity contribution in [3.8, 4) is 16.8 Å². The van der Waals surface area contributed by atoms with Gasteiger partial charge in [-0.2, -0.15) is 5.10 Å². The molecule has 0 saturated heterocycles. The van der Waals surface area contributed by atoms with E-state index in [2.05, 4.69) is 88.4 Å². The summed E-state index contributed by atoms with van der Waals surface area (Å²) in [5.74, 6) is 0.973. The molecule has 3 rings (SSSR count). The van der Waals surface area contributed by atoms with Gasteiger partial charge in [-0.3, -0.25) is 0 Å². The number of benzene rings is 2. The summed E-state index contributed by atoms with van der Waals surface area (Å²) in [4.78, 5) is 0. The fourth-order valence-electron chi connectivity index (χ4n) is 3.29. The van der Waals surface area contributed by atoms with E-state index in [9.17, 15) is 0 Å². The van der Waals surface area contributed by atoms with Gasteiger partial charge in [0.05, 0.1) is 11.9 Å². The second-order valence-electron chi connectivity index (χ2n) is 7.08. The molecule has 3 aromatic rings. The van der Waals surface area contributed by atoms with E-state index < -0.39 is 0 Å². The molecular formula is C22H26N2. The Kier molecular flexibility index (Phi) is 4.57. The van der Waals surface area contributed by atoms with Crippen LogP contribution in [0, 0.1) is 6.92 Å². The monoisotopic (exact) mass is 318 g/mol. The molecule has 0 N–H and O–H groups in total. The van der Waals surface area contributed by atoms with Gasteiger partial charge in [-0.05, 0) is 47.1 Å². The Morgan fingerprint density at radius 1 is 0.833 bits per heavy atom. The van der Waals surface area contributed by atoms with Gasteiger partial charge in [0.2, 0.25) is 0 Å². The molecule has 0 aliphatic carbocycles. The van der Waals surface area contributed by atoms with Gasteiger partial charge in [-0.25, -0.2) is 4.68 Å². The van der Waals surface area contributed by atoms with Crippen LogP contribution in [0.2, 0.25) is 0 Å². The van der Waals surface area contributed by atoms with Gasteiger partial charge in [0.1, 0.15) is 0 Å². The first-order valence-corrected chi connectivity index (χ1v) is 8.73. The average Bonchev–Trinajstić information content (AvgIpc) is 3.03. The minimum Gasteiger partial charge on any atom is -0.240 e. The smallest absolute Gasteiger partial charge is 0.0674 e. The Bertz CT molecular complexity index is 814.